The maximum absolute atomic E-state index is 4.94. The Morgan fingerprint density at radius 2 is 2.04 bits per heavy atom. The first-order chi connectivity index (χ1) is 12.2. The molecule has 0 N–H and O–H groups in total. The van der Waals surface area contributed by atoms with Crippen molar-refractivity contribution in [1.29, 1.82) is 0 Å². The first kappa shape index (κ1) is 17.4. The average molecular weight is 433 g/mol. The van der Waals surface area contributed by atoms with Gasteiger partial charge in [-0.15, -0.1) is 22.7 Å². The minimum Gasteiger partial charge on any atom is -0.298 e. The van der Waals surface area contributed by atoms with Gasteiger partial charge in [-0.3, -0.25) is 4.90 Å². The third-order valence-electron chi connectivity index (χ3n) is 4.75. The Morgan fingerprint density at radius 1 is 1.20 bits per heavy atom. The van der Waals surface area contributed by atoms with E-state index in [4.69, 9.17) is 4.98 Å². The van der Waals surface area contributed by atoms with Crippen molar-refractivity contribution < 1.29 is 0 Å². The molecule has 2 nitrogen and oxygen atoms in total. The van der Waals surface area contributed by atoms with E-state index in [-0.39, 0.29) is 0 Å². The van der Waals surface area contributed by atoms with Crippen molar-refractivity contribution in [3.8, 4) is 11.3 Å². The van der Waals surface area contributed by atoms with Gasteiger partial charge < -0.3 is 0 Å². The minimum absolute atomic E-state index is 0.618. The van der Waals surface area contributed by atoms with Gasteiger partial charge in [0.05, 0.1) is 10.7 Å². The van der Waals surface area contributed by atoms with E-state index in [2.05, 4.69) is 69.5 Å². The van der Waals surface area contributed by atoms with E-state index in [9.17, 15) is 0 Å². The Balaban J connectivity index is 1.38. The third kappa shape index (κ3) is 4.22. The summed E-state index contributed by atoms with van der Waals surface area (Å²) in [7, 11) is 0. The van der Waals surface area contributed by atoms with Gasteiger partial charge in [-0.2, -0.15) is 0 Å². The first-order valence-electron chi connectivity index (χ1n) is 8.66. The zero-order chi connectivity index (χ0) is 17.2. The normalized spacial score (nSPS) is 16.4. The molecule has 1 aromatic carbocycles. The zero-order valence-electron chi connectivity index (χ0n) is 14.2. The van der Waals surface area contributed by atoms with Gasteiger partial charge >= 0.3 is 0 Å². The number of aryl methyl sites for hydroxylation is 1. The van der Waals surface area contributed by atoms with Crippen molar-refractivity contribution in [2.45, 2.75) is 32.2 Å². The van der Waals surface area contributed by atoms with E-state index in [0.717, 1.165) is 16.7 Å². The molecule has 0 amide bonds. The Kier molecular flexibility index (Phi) is 5.36. The van der Waals surface area contributed by atoms with Crippen LogP contribution < -0.4 is 0 Å². The summed E-state index contributed by atoms with van der Waals surface area (Å²) in [6, 6.07) is 12.9. The Morgan fingerprint density at radius 3 is 2.76 bits per heavy atom. The summed E-state index contributed by atoms with van der Waals surface area (Å²) in [5.74, 6) is 0.618. The standard InChI is InChI=1S/C20H21BrN2S2/c1-14-5-6-18(25-14)12-23-9-7-15(8-10-23)20-22-19(13-24-20)16-3-2-4-17(21)11-16/h2-6,11,13,15H,7-10,12H2,1H3. The van der Waals surface area contributed by atoms with Crippen LogP contribution in [0, 0.1) is 6.92 Å². The van der Waals surface area contributed by atoms with Crippen molar-refractivity contribution in [1.82, 2.24) is 9.88 Å². The summed E-state index contributed by atoms with van der Waals surface area (Å²) < 4.78 is 1.11. The SMILES string of the molecule is Cc1ccc(CN2CCC(c3nc(-c4cccc(Br)c4)cs3)CC2)s1. The Labute approximate surface area is 165 Å². The van der Waals surface area contributed by atoms with Gasteiger partial charge in [-0.1, -0.05) is 28.1 Å². The molecule has 1 fully saturated rings. The topological polar surface area (TPSA) is 16.1 Å². The van der Waals surface area contributed by atoms with Crippen LogP contribution in [0.5, 0.6) is 0 Å². The van der Waals surface area contributed by atoms with E-state index < -0.39 is 0 Å². The number of aromatic nitrogens is 1. The highest BCUT2D eigenvalue weighted by Crippen LogP contribution is 2.34. The molecule has 0 aliphatic carbocycles. The average Bonchev–Trinajstić information content (AvgIpc) is 3.25. The molecule has 0 bridgehead atoms. The quantitative estimate of drug-likeness (QED) is 0.479. The smallest absolute Gasteiger partial charge is 0.0964 e. The summed E-state index contributed by atoms with van der Waals surface area (Å²) in [6.45, 7) is 5.64. The fourth-order valence-electron chi connectivity index (χ4n) is 3.38. The van der Waals surface area contributed by atoms with Gasteiger partial charge in [0.1, 0.15) is 0 Å². The van der Waals surface area contributed by atoms with Crippen LogP contribution in [-0.2, 0) is 6.54 Å². The number of halogens is 1. The molecule has 4 rings (SSSR count). The first-order valence-corrected chi connectivity index (χ1v) is 11.2. The van der Waals surface area contributed by atoms with E-state index in [1.165, 1.54) is 46.3 Å². The number of nitrogens with zero attached hydrogens (tertiary/aromatic N) is 2. The van der Waals surface area contributed by atoms with Crippen LogP contribution >= 0.6 is 38.6 Å². The number of benzene rings is 1. The molecular weight excluding hydrogens is 412 g/mol. The second kappa shape index (κ2) is 7.70. The van der Waals surface area contributed by atoms with Gasteiger partial charge in [0.2, 0.25) is 0 Å². The van der Waals surface area contributed by atoms with Crippen LogP contribution in [0.3, 0.4) is 0 Å². The Bertz CT molecular complexity index is 847. The van der Waals surface area contributed by atoms with Gasteiger partial charge in [0.25, 0.3) is 0 Å². The zero-order valence-corrected chi connectivity index (χ0v) is 17.5. The number of likely N-dealkylation sites (tertiary alicyclic amines) is 1. The Hall–Kier alpha value is -1.01. The van der Waals surface area contributed by atoms with Crippen molar-refractivity contribution in [3.63, 3.8) is 0 Å². The summed E-state index contributed by atoms with van der Waals surface area (Å²) >= 11 is 7.30. The maximum Gasteiger partial charge on any atom is 0.0964 e. The number of thiophene rings is 1. The van der Waals surface area contributed by atoms with Crippen molar-refractivity contribution >= 4 is 38.6 Å². The van der Waals surface area contributed by atoms with E-state index in [1.54, 1.807) is 0 Å². The molecule has 130 valence electrons. The lowest BCUT2D eigenvalue weighted by atomic mass is 9.97. The molecule has 25 heavy (non-hydrogen) atoms. The predicted octanol–water partition coefficient (Wildman–Crippen LogP) is 6.32. The lowest BCUT2D eigenvalue weighted by molar-refractivity contribution is 0.206. The second-order valence-electron chi connectivity index (χ2n) is 6.64. The number of rotatable bonds is 4. The molecule has 0 radical (unpaired) electrons. The van der Waals surface area contributed by atoms with E-state index in [1.807, 2.05) is 22.7 Å². The highest BCUT2D eigenvalue weighted by Gasteiger charge is 2.23. The van der Waals surface area contributed by atoms with Gasteiger partial charge in [0, 0.05) is 37.6 Å². The molecule has 0 saturated carbocycles. The number of piperidine rings is 1. The second-order valence-corrected chi connectivity index (χ2v) is 9.82. The predicted molar refractivity (Wildman–Crippen MR) is 112 cm³/mol. The summed E-state index contributed by atoms with van der Waals surface area (Å²) in [4.78, 5) is 10.4. The van der Waals surface area contributed by atoms with Crippen LogP contribution in [0.15, 0.2) is 46.3 Å². The van der Waals surface area contributed by atoms with Crippen LogP contribution in [0.2, 0.25) is 0 Å². The molecule has 2 aromatic heterocycles. The van der Waals surface area contributed by atoms with Crippen LogP contribution in [0.1, 0.15) is 33.5 Å². The third-order valence-corrected chi connectivity index (χ3v) is 7.24. The maximum atomic E-state index is 4.94. The van der Waals surface area contributed by atoms with Crippen LogP contribution in [-0.4, -0.2) is 23.0 Å². The molecule has 3 heterocycles. The van der Waals surface area contributed by atoms with Crippen molar-refractivity contribution in [2.75, 3.05) is 13.1 Å². The highest BCUT2D eigenvalue weighted by atomic mass is 79.9. The van der Waals surface area contributed by atoms with E-state index >= 15 is 0 Å². The highest BCUT2D eigenvalue weighted by molar-refractivity contribution is 9.10. The van der Waals surface area contributed by atoms with Crippen molar-refractivity contribution in [3.05, 3.63) is 61.0 Å². The molecular formula is C20H21BrN2S2. The largest absolute Gasteiger partial charge is 0.298 e. The number of thiazole rings is 1. The van der Waals surface area contributed by atoms with E-state index in [0.29, 0.717) is 5.92 Å². The monoisotopic (exact) mass is 432 g/mol. The summed E-state index contributed by atoms with van der Waals surface area (Å²) in [5, 5.41) is 3.51. The summed E-state index contributed by atoms with van der Waals surface area (Å²) in [5.41, 5.74) is 2.31. The molecule has 1 aliphatic heterocycles. The number of hydrogen-bond donors (Lipinski definition) is 0. The minimum atomic E-state index is 0.618. The molecule has 0 unspecified atom stereocenters. The van der Waals surface area contributed by atoms with Gasteiger partial charge in [0.15, 0.2) is 0 Å². The molecule has 3 aromatic rings. The molecule has 1 saturated heterocycles. The molecule has 0 atom stereocenters. The lowest BCUT2D eigenvalue weighted by Gasteiger charge is -2.30. The van der Waals surface area contributed by atoms with Crippen LogP contribution in [0.25, 0.3) is 11.3 Å². The fourth-order valence-corrected chi connectivity index (χ4v) is 5.72. The number of hydrogen-bond acceptors (Lipinski definition) is 4. The summed E-state index contributed by atoms with van der Waals surface area (Å²) in [6.07, 6.45) is 2.44. The molecule has 1 aliphatic rings. The fraction of sp³-hybridized carbons (Fsp3) is 0.350. The lowest BCUT2D eigenvalue weighted by Crippen LogP contribution is -2.32. The van der Waals surface area contributed by atoms with Gasteiger partial charge in [-0.05, 0) is 57.1 Å². The van der Waals surface area contributed by atoms with Crippen molar-refractivity contribution in [2.24, 2.45) is 0 Å². The van der Waals surface area contributed by atoms with Crippen LogP contribution in [0.4, 0.5) is 0 Å². The molecule has 5 heteroatoms. The molecule has 0 spiro atoms. The van der Waals surface area contributed by atoms with Gasteiger partial charge in [-0.25, -0.2) is 4.98 Å².